The molecule has 2 aromatic carbocycles. The summed E-state index contributed by atoms with van der Waals surface area (Å²) in [6, 6.07) is 12.8. The second kappa shape index (κ2) is 12.5. The Bertz CT molecular complexity index is 1120. The predicted octanol–water partition coefficient (Wildman–Crippen LogP) is 5.01. The average molecular weight is 502 g/mol. The van der Waals surface area contributed by atoms with Crippen LogP contribution >= 0.6 is 22.9 Å². The molecule has 0 spiro atoms. The maximum absolute atomic E-state index is 9.64. The number of nitrogens with zero attached hydrogens (tertiary/aromatic N) is 1. The van der Waals surface area contributed by atoms with Gasteiger partial charge in [-0.15, -0.1) is 11.3 Å². The zero-order valence-corrected chi connectivity index (χ0v) is 20.5. The van der Waals surface area contributed by atoms with Gasteiger partial charge in [0, 0.05) is 17.5 Å². The highest BCUT2D eigenvalue weighted by molar-refractivity contribution is 7.09. The number of aromatic nitrogens is 1. The van der Waals surface area contributed by atoms with Crippen molar-refractivity contribution in [3.05, 3.63) is 68.5 Å². The molecule has 4 N–H and O–H groups in total. The van der Waals surface area contributed by atoms with Crippen molar-refractivity contribution in [2.45, 2.75) is 39.2 Å². The van der Waals surface area contributed by atoms with Crippen LogP contribution < -0.4 is 10.6 Å². The summed E-state index contributed by atoms with van der Waals surface area (Å²) in [6.45, 7) is 4.84. The highest BCUT2D eigenvalue weighted by Gasteiger charge is 2.14. The van der Waals surface area contributed by atoms with Crippen molar-refractivity contribution >= 4 is 40.6 Å². The van der Waals surface area contributed by atoms with Crippen LogP contribution in [0.5, 0.6) is 0 Å². The first kappa shape index (κ1) is 25.7. The van der Waals surface area contributed by atoms with Crippen LogP contribution in [-0.2, 0) is 29.0 Å². The standard InChI is InChI=1S/C21H22ClN3S.C4H6O4/c1-14-25-20(13-26-14)17-4-2-15(3-5-17)12-24-21-18-9-11-23-10-8-16(18)6-7-19(21)22;5-3(6)1-2-4(7)8/h2-7,13,23-24H,8-12H2,1H3;1-2H2,(H,5,6)(H,7,8). The maximum atomic E-state index is 9.64. The number of halogens is 1. The largest absolute Gasteiger partial charge is 0.481 e. The van der Waals surface area contributed by atoms with Gasteiger partial charge >= 0.3 is 11.9 Å². The van der Waals surface area contributed by atoms with Crippen LogP contribution in [-0.4, -0.2) is 40.2 Å². The minimum absolute atomic E-state index is 0.296. The van der Waals surface area contributed by atoms with Crippen molar-refractivity contribution in [2.75, 3.05) is 18.4 Å². The fraction of sp³-hybridized carbons (Fsp3) is 0.320. The lowest BCUT2D eigenvalue weighted by Gasteiger charge is -2.16. The molecule has 0 saturated carbocycles. The molecule has 9 heteroatoms. The molecule has 1 aliphatic heterocycles. The third-order valence-corrected chi connectivity index (χ3v) is 6.46. The minimum Gasteiger partial charge on any atom is -0.481 e. The number of carbonyl (C=O) groups is 2. The quantitative estimate of drug-likeness (QED) is 0.360. The summed E-state index contributed by atoms with van der Waals surface area (Å²) in [5, 5.41) is 26.8. The van der Waals surface area contributed by atoms with E-state index in [9.17, 15) is 9.59 Å². The van der Waals surface area contributed by atoms with E-state index in [1.54, 1.807) is 11.3 Å². The number of rotatable bonds is 7. The summed E-state index contributed by atoms with van der Waals surface area (Å²) in [7, 11) is 0. The number of carboxylic acid groups (broad SMARTS) is 2. The molecule has 0 atom stereocenters. The van der Waals surface area contributed by atoms with Crippen molar-refractivity contribution < 1.29 is 19.8 Å². The molecule has 1 aromatic heterocycles. The van der Waals surface area contributed by atoms with E-state index in [-0.39, 0.29) is 12.8 Å². The molecule has 0 radical (unpaired) electrons. The Balaban J connectivity index is 0.000000350. The number of hydrogen-bond donors (Lipinski definition) is 4. The molecule has 2 heterocycles. The molecule has 34 heavy (non-hydrogen) atoms. The molecular formula is C25H28ClN3O4S. The van der Waals surface area contributed by atoms with E-state index in [1.165, 1.54) is 16.7 Å². The number of thiazole rings is 1. The van der Waals surface area contributed by atoms with E-state index in [4.69, 9.17) is 21.8 Å². The number of aryl methyl sites for hydroxylation is 1. The topological polar surface area (TPSA) is 112 Å². The lowest BCUT2D eigenvalue weighted by atomic mass is 10.0. The SMILES string of the molecule is Cc1nc(-c2ccc(CNc3c(Cl)ccc4c3CCNCC4)cc2)cs1.O=C(O)CCC(=O)O. The van der Waals surface area contributed by atoms with Crippen molar-refractivity contribution in [1.82, 2.24) is 10.3 Å². The van der Waals surface area contributed by atoms with E-state index in [0.717, 1.165) is 59.5 Å². The summed E-state index contributed by atoms with van der Waals surface area (Å²) in [4.78, 5) is 23.8. The van der Waals surface area contributed by atoms with Crippen molar-refractivity contribution in [1.29, 1.82) is 0 Å². The van der Waals surface area contributed by atoms with E-state index in [0.29, 0.717) is 0 Å². The monoisotopic (exact) mass is 501 g/mol. The number of benzene rings is 2. The van der Waals surface area contributed by atoms with Crippen molar-refractivity contribution in [2.24, 2.45) is 0 Å². The van der Waals surface area contributed by atoms with Crippen LogP contribution in [0.3, 0.4) is 0 Å². The van der Waals surface area contributed by atoms with Gasteiger partial charge < -0.3 is 20.8 Å². The van der Waals surface area contributed by atoms with Crippen LogP contribution in [0.1, 0.15) is 34.5 Å². The first-order chi connectivity index (χ1) is 16.3. The Morgan fingerprint density at radius 1 is 1.06 bits per heavy atom. The number of carboxylic acids is 2. The fourth-order valence-corrected chi connectivity index (χ4v) is 4.49. The summed E-state index contributed by atoms with van der Waals surface area (Å²) in [6.07, 6.45) is 1.48. The van der Waals surface area contributed by atoms with Crippen LogP contribution in [0.4, 0.5) is 5.69 Å². The molecule has 0 unspecified atom stereocenters. The second-order valence-corrected chi connectivity index (χ2v) is 9.37. The normalized spacial score (nSPS) is 12.6. The number of hydrogen-bond acceptors (Lipinski definition) is 6. The Hall–Kier alpha value is -2.94. The van der Waals surface area contributed by atoms with Crippen LogP contribution in [0.15, 0.2) is 41.8 Å². The summed E-state index contributed by atoms with van der Waals surface area (Å²) < 4.78 is 0. The van der Waals surface area contributed by atoms with Gasteiger partial charge in [-0.3, -0.25) is 9.59 Å². The highest BCUT2D eigenvalue weighted by Crippen LogP contribution is 2.31. The molecule has 180 valence electrons. The summed E-state index contributed by atoms with van der Waals surface area (Å²) >= 11 is 8.18. The van der Waals surface area contributed by atoms with E-state index in [1.807, 2.05) is 13.0 Å². The first-order valence-corrected chi connectivity index (χ1v) is 12.3. The predicted molar refractivity (Wildman–Crippen MR) is 136 cm³/mol. The number of fused-ring (bicyclic) bond motifs is 1. The lowest BCUT2D eigenvalue weighted by molar-refractivity contribution is -0.143. The van der Waals surface area contributed by atoms with Gasteiger partial charge in [-0.05, 0) is 55.6 Å². The van der Waals surface area contributed by atoms with Gasteiger partial charge in [0.2, 0.25) is 0 Å². The highest BCUT2D eigenvalue weighted by atomic mass is 35.5. The van der Waals surface area contributed by atoms with Gasteiger partial charge in [0.05, 0.1) is 34.3 Å². The number of nitrogens with one attached hydrogen (secondary N) is 2. The maximum Gasteiger partial charge on any atom is 0.303 e. The molecule has 3 aromatic rings. The molecule has 0 aliphatic carbocycles. The Kier molecular flexibility index (Phi) is 9.44. The van der Waals surface area contributed by atoms with Crippen LogP contribution in [0, 0.1) is 6.92 Å². The first-order valence-electron chi connectivity index (χ1n) is 11.0. The number of anilines is 1. The summed E-state index contributed by atoms with van der Waals surface area (Å²) in [5.41, 5.74) is 7.30. The zero-order chi connectivity index (χ0) is 24.5. The van der Waals surface area contributed by atoms with Gasteiger partial charge in [-0.2, -0.15) is 0 Å². The Morgan fingerprint density at radius 3 is 2.35 bits per heavy atom. The number of aliphatic carboxylic acids is 2. The van der Waals surface area contributed by atoms with Crippen molar-refractivity contribution in [3.8, 4) is 11.3 Å². The molecule has 4 rings (SSSR count). The van der Waals surface area contributed by atoms with Gasteiger partial charge in [0.15, 0.2) is 0 Å². The molecule has 0 fully saturated rings. The average Bonchev–Trinajstić information content (AvgIpc) is 3.10. The second-order valence-electron chi connectivity index (χ2n) is 7.90. The molecule has 1 aliphatic rings. The molecule has 0 bridgehead atoms. The fourth-order valence-electron chi connectivity index (χ4n) is 3.63. The molecular weight excluding hydrogens is 474 g/mol. The van der Waals surface area contributed by atoms with E-state index < -0.39 is 11.9 Å². The Morgan fingerprint density at radius 2 is 1.74 bits per heavy atom. The van der Waals surface area contributed by atoms with Gasteiger partial charge in [-0.25, -0.2) is 4.98 Å². The summed E-state index contributed by atoms with van der Waals surface area (Å²) in [5.74, 6) is -2.15. The molecule has 7 nitrogen and oxygen atoms in total. The molecule has 0 saturated heterocycles. The van der Waals surface area contributed by atoms with Gasteiger partial charge in [-0.1, -0.05) is 41.9 Å². The molecule has 0 amide bonds. The lowest BCUT2D eigenvalue weighted by Crippen LogP contribution is -2.16. The Labute approximate surface area is 207 Å². The smallest absolute Gasteiger partial charge is 0.303 e. The van der Waals surface area contributed by atoms with E-state index >= 15 is 0 Å². The van der Waals surface area contributed by atoms with Gasteiger partial charge in [0.25, 0.3) is 0 Å². The van der Waals surface area contributed by atoms with Crippen LogP contribution in [0.2, 0.25) is 5.02 Å². The van der Waals surface area contributed by atoms with Gasteiger partial charge in [0.1, 0.15) is 0 Å². The third-order valence-electron chi connectivity index (χ3n) is 5.37. The minimum atomic E-state index is -1.08. The third kappa shape index (κ3) is 7.55. The van der Waals surface area contributed by atoms with E-state index in [2.05, 4.69) is 51.3 Å². The zero-order valence-electron chi connectivity index (χ0n) is 18.9. The van der Waals surface area contributed by atoms with Crippen LogP contribution in [0.25, 0.3) is 11.3 Å². The van der Waals surface area contributed by atoms with Crippen molar-refractivity contribution in [3.63, 3.8) is 0 Å².